The number of hydrogen-bond donors (Lipinski definition) is 1. The SMILES string of the molecule is COCCOCCNC(C)c1cccc(Cl)c1Cl. The van der Waals surface area contributed by atoms with Crippen LogP contribution in [0.1, 0.15) is 18.5 Å². The van der Waals surface area contributed by atoms with Gasteiger partial charge in [0.15, 0.2) is 0 Å². The van der Waals surface area contributed by atoms with Gasteiger partial charge in [0.1, 0.15) is 0 Å². The highest BCUT2D eigenvalue weighted by atomic mass is 35.5. The standard InChI is InChI=1S/C13H19Cl2NO2/c1-10(16-6-7-18-9-8-17-2)11-4-3-5-12(14)13(11)15/h3-5,10,16H,6-9H2,1-2H3. The molecule has 1 aromatic carbocycles. The third kappa shape index (κ3) is 5.12. The summed E-state index contributed by atoms with van der Waals surface area (Å²) in [7, 11) is 1.66. The van der Waals surface area contributed by atoms with Gasteiger partial charge >= 0.3 is 0 Å². The number of rotatable bonds is 8. The number of hydrogen-bond acceptors (Lipinski definition) is 3. The van der Waals surface area contributed by atoms with E-state index in [9.17, 15) is 0 Å². The molecule has 0 fully saturated rings. The van der Waals surface area contributed by atoms with Crippen molar-refractivity contribution < 1.29 is 9.47 Å². The first-order valence-electron chi connectivity index (χ1n) is 5.90. The van der Waals surface area contributed by atoms with Crippen molar-refractivity contribution in [3.63, 3.8) is 0 Å². The monoisotopic (exact) mass is 291 g/mol. The maximum absolute atomic E-state index is 6.15. The van der Waals surface area contributed by atoms with Gasteiger partial charge in [0.05, 0.1) is 29.9 Å². The lowest BCUT2D eigenvalue weighted by atomic mass is 10.1. The lowest BCUT2D eigenvalue weighted by Gasteiger charge is -2.16. The van der Waals surface area contributed by atoms with Crippen LogP contribution in [0.15, 0.2) is 18.2 Å². The number of ether oxygens (including phenoxy) is 2. The van der Waals surface area contributed by atoms with E-state index in [1.165, 1.54) is 0 Å². The molecular formula is C13H19Cl2NO2. The third-order valence-corrected chi connectivity index (χ3v) is 3.41. The van der Waals surface area contributed by atoms with Crippen LogP contribution in [-0.2, 0) is 9.47 Å². The van der Waals surface area contributed by atoms with Crippen molar-refractivity contribution in [3.8, 4) is 0 Å². The van der Waals surface area contributed by atoms with Gasteiger partial charge < -0.3 is 14.8 Å². The minimum atomic E-state index is 0.141. The second kappa shape index (κ2) is 8.73. The van der Waals surface area contributed by atoms with Crippen LogP contribution in [0.5, 0.6) is 0 Å². The minimum Gasteiger partial charge on any atom is -0.382 e. The van der Waals surface area contributed by atoms with E-state index in [0.717, 1.165) is 12.1 Å². The van der Waals surface area contributed by atoms with E-state index in [2.05, 4.69) is 5.32 Å². The van der Waals surface area contributed by atoms with E-state index in [4.69, 9.17) is 32.7 Å². The minimum absolute atomic E-state index is 0.141. The van der Waals surface area contributed by atoms with Crippen LogP contribution in [0.4, 0.5) is 0 Å². The van der Waals surface area contributed by atoms with Crippen molar-refractivity contribution in [2.45, 2.75) is 13.0 Å². The molecule has 0 amide bonds. The van der Waals surface area contributed by atoms with Crippen LogP contribution in [-0.4, -0.2) is 33.5 Å². The molecule has 0 saturated carbocycles. The van der Waals surface area contributed by atoms with E-state index in [1.54, 1.807) is 13.2 Å². The van der Waals surface area contributed by atoms with Gasteiger partial charge in [0.2, 0.25) is 0 Å². The first kappa shape index (κ1) is 15.7. The zero-order chi connectivity index (χ0) is 13.4. The molecule has 0 aliphatic heterocycles. The molecule has 0 aliphatic carbocycles. The predicted molar refractivity (Wildman–Crippen MR) is 75.6 cm³/mol. The summed E-state index contributed by atoms with van der Waals surface area (Å²) in [5, 5.41) is 4.53. The maximum Gasteiger partial charge on any atom is 0.0700 e. The Morgan fingerprint density at radius 1 is 1.22 bits per heavy atom. The normalized spacial score (nSPS) is 12.7. The summed E-state index contributed by atoms with van der Waals surface area (Å²) in [5.41, 5.74) is 1.00. The lowest BCUT2D eigenvalue weighted by Crippen LogP contribution is -2.24. The highest BCUT2D eigenvalue weighted by Gasteiger charge is 2.10. The molecule has 102 valence electrons. The summed E-state index contributed by atoms with van der Waals surface area (Å²) in [6.45, 7) is 4.69. The first-order chi connectivity index (χ1) is 8.66. The van der Waals surface area contributed by atoms with Gasteiger partial charge in [-0.2, -0.15) is 0 Å². The summed E-state index contributed by atoms with van der Waals surface area (Å²) < 4.78 is 10.3. The van der Waals surface area contributed by atoms with Gasteiger partial charge in [0.25, 0.3) is 0 Å². The molecule has 0 radical (unpaired) electrons. The fraction of sp³-hybridized carbons (Fsp3) is 0.538. The van der Waals surface area contributed by atoms with Gasteiger partial charge in [-0.3, -0.25) is 0 Å². The zero-order valence-electron chi connectivity index (χ0n) is 10.7. The number of nitrogens with one attached hydrogen (secondary N) is 1. The molecule has 1 rings (SSSR count). The highest BCUT2D eigenvalue weighted by molar-refractivity contribution is 6.42. The molecule has 0 saturated heterocycles. The summed E-state index contributed by atoms with van der Waals surface area (Å²) in [4.78, 5) is 0. The summed E-state index contributed by atoms with van der Waals surface area (Å²) in [6.07, 6.45) is 0. The van der Waals surface area contributed by atoms with Crippen LogP contribution in [0.3, 0.4) is 0 Å². The fourth-order valence-electron chi connectivity index (χ4n) is 1.56. The Morgan fingerprint density at radius 2 is 2.00 bits per heavy atom. The molecule has 1 unspecified atom stereocenters. The van der Waals surface area contributed by atoms with E-state index >= 15 is 0 Å². The zero-order valence-corrected chi connectivity index (χ0v) is 12.2. The van der Waals surface area contributed by atoms with E-state index in [-0.39, 0.29) is 6.04 Å². The number of methoxy groups -OCH3 is 1. The van der Waals surface area contributed by atoms with Crippen molar-refractivity contribution in [3.05, 3.63) is 33.8 Å². The largest absolute Gasteiger partial charge is 0.382 e. The van der Waals surface area contributed by atoms with Crippen LogP contribution in [0.25, 0.3) is 0 Å². The van der Waals surface area contributed by atoms with Crippen molar-refractivity contribution in [2.75, 3.05) is 33.5 Å². The molecule has 1 N–H and O–H groups in total. The molecule has 0 aliphatic rings. The molecule has 0 spiro atoms. The number of benzene rings is 1. The molecule has 0 heterocycles. The van der Waals surface area contributed by atoms with E-state index in [0.29, 0.717) is 29.9 Å². The Balaban J connectivity index is 2.32. The topological polar surface area (TPSA) is 30.5 Å². The summed E-state index contributed by atoms with van der Waals surface area (Å²) in [6, 6.07) is 5.80. The van der Waals surface area contributed by atoms with Gasteiger partial charge in [-0.25, -0.2) is 0 Å². The molecule has 5 heteroatoms. The Kier molecular flexibility index (Phi) is 7.63. The Labute approximate surface area is 118 Å². The average Bonchev–Trinajstić information content (AvgIpc) is 2.36. The predicted octanol–water partition coefficient (Wildman–Crippen LogP) is 3.31. The molecule has 0 aromatic heterocycles. The van der Waals surface area contributed by atoms with Crippen molar-refractivity contribution >= 4 is 23.2 Å². The van der Waals surface area contributed by atoms with Gasteiger partial charge in [-0.05, 0) is 18.6 Å². The van der Waals surface area contributed by atoms with Crippen LogP contribution in [0, 0.1) is 0 Å². The molecule has 1 atom stereocenters. The van der Waals surface area contributed by atoms with Crippen molar-refractivity contribution in [2.24, 2.45) is 0 Å². The second-order valence-corrected chi connectivity index (χ2v) is 4.71. The van der Waals surface area contributed by atoms with Gasteiger partial charge in [0, 0.05) is 19.7 Å². The highest BCUT2D eigenvalue weighted by Crippen LogP contribution is 2.29. The summed E-state index contributed by atoms with van der Waals surface area (Å²) >= 11 is 12.1. The Morgan fingerprint density at radius 3 is 2.72 bits per heavy atom. The van der Waals surface area contributed by atoms with Crippen molar-refractivity contribution in [1.82, 2.24) is 5.32 Å². The first-order valence-corrected chi connectivity index (χ1v) is 6.66. The lowest BCUT2D eigenvalue weighted by molar-refractivity contribution is 0.0712. The average molecular weight is 292 g/mol. The van der Waals surface area contributed by atoms with Crippen LogP contribution < -0.4 is 5.32 Å². The van der Waals surface area contributed by atoms with Gasteiger partial charge in [-0.15, -0.1) is 0 Å². The quantitative estimate of drug-likeness (QED) is 0.746. The second-order valence-electron chi connectivity index (χ2n) is 3.92. The van der Waals surface area contributed by atoms with Gasteiger partial charge in [-0.1, -0.05) is 35.3 Å². The van der Waals surface area contributed by atoms with Crippen LogP contribution >= 0.6 is 23.2 Å². The van der Waals surface area contributed by atoms with Crippen LogP contribution in [0.2, 0.25) is 10.0 Å². The molecule has 1 aromatic rings. The maximum atomic E-state index is 6.15. The Bertz CT molecular complexity index is 361. The summed E-state index contributed by atoms with van der Waals surface area (Å²) in [5.74, 6) is 0. The molecule has 0 bridgehead atoms. The van der Waals surface area contributed by atoms with Crippen molar-refractivity contribution in [1.29, 1.82) is 0 Å². The molecule has 18 heavy (non-hydrogen) atoms. The third-order valence-electron chi connectivity index (χ3n) is 2.58. The van der Waals surface area contributed by atoms with E-state index < -0.39 is 0 Å². The van der Waals surface area contributed by atoms with E-state index in [1.807, 2.05) is 19.1 Å². The fourth-order valence-corrected chi connectivity index (χ4v) is 2.03. The molecular weight excluding hydrogens is 273 g/mol. The Hall–Kier alpha value is -0.320. The number of halogens is 2. The smallest absolute Gasteiger partial charge is 0.0700 e. The molecule has 3 nitrogen and oxygen atoms in total.